The number of hydrogen-bond donors (Lipinski definition) is 1. The predicted molar refractivity (Wildman–Crippen MR) is 69.1 cm³/mol. The van der Waals surface area contributed by atoms with Gasteiger partial charge in [0.2, 0.25) is 11.8 Å². The van der Waals surface area contributed by atoms with E-state index in [0.717, 1.165) is 19.4 Å². The maximum absolute atomic E-state index is 11.9. The van der Waals surface area contributed by atoms with Gasteiger partial charge in [0.25, 0.3) is 0 Å². The molecule has 2 amide bonds. The summed E-state index contributed by atoms with van der Waals surface area (Å²) >= 11 is 0. The lowest BCUT2D eigenvalue weighted by atomic mass is 10.2. The third-order valence-electron chi connectivity index (χ3n) is 2.90. The van der Waals surface area contributed by atoms with Crippen molar-refractivity contribution in [3.05, 3.63) is 0 Å². The molecule has 1 unspecified atom stereocenters. The maximum Gasteiger partial charge on any atom is 0.247 e. The second kappa shape index (κ2) is 7.48. The van der Waals surface area contributed by atoms with Gasteiger partial charge >= 0.3 is 0 Å². The second-order valence-electron chi connectivity index (χ2n) is 4.87. The molecule has 18 heavy (non-hydrogen) atoms. The number of carbonyl (C=O) groups is 2. The van der Waals surface area contributed by atoms with Crippen molar-refractivity contribution >= 4 is 11.8 Å². The Morgan fingerprint density at radius 3 is 2.67 bits per heavy atom. The van der Waals surface area contributed by atoms with Crippen molar-refractivity contribution < 1.29 is 14.3 Å². The molecule has 1 saturated heterocycles. The molecule has 0 aromatic heterocycles. The number of likely N-dealkylation sites (tertiary alicyclic amines) is 1. The molecule has 0 saturated carbocycles. The van der Waals surface area contributed by atoms with Gasteiger partial charge in [0.1, 0.15) is 0 Å². The fourth-order valence-electron chi connectivity index (χ4n) is 2.05. The monoisotopic (exact) mass is 256 g/mol. The number of rotatable bonds is 8. The lowest BCUT2D eigenvalue weighted by Gasteiger charge is -2.19. The first-order valence-corrected chi connectivity index (χ1v) is 6.75. The largest absolute Gasteiger partial charge is 0.381 e. The van der Waals surface area contributed by atoms with E-state index in [1.165, 1.54) is 4.90 Å². The smallest absolute Gasteiger partial charge is 0.247 e. The van der Waals surface area contributed by atoms with Gasteiger partial charge in [-0.15, -0.1) is 0 Å². The van der Waals surface area contributed by atoms with Crippen molar-refractivity contribution in [2.24, 2.45) is 0 Å². The molecule has 5 heteroatoms. The van der Waals surface area contributed by atoms with Crippen LogP contribution in [0.25, 0.3) is 0 Å². The number of nitrogens with zero attached hydrogens (tertiary/aromatic N) is 1. The van der Waals surface area contributed by atoms with Crippen LogP contribution in [0.2, 0.25) is 0 Å². The Morgan fingerprint density at radius 2 is 2.11 bits per heavy atom. The molecule has 0 aromatic rings. The number of hydrogen-bond acceptors (Lipinski definition) is 4. The predicted octanol–water partition coefficient (Wildman–Crippen LogP) is 0.929. The summed E-state index contributed by atoms with van der Waals surface area (Å²) < 4.78 is 5.35. The van der Waals surface area contributed by atoms with E-state index in [1.54, 1.807) is 0 Å². The van der Waals surface area contributed by atoms with Gasteiger partial charge in [0.05, 0.1) is 12.5 Å². The third-order valence-corrected chi connectivity index (χ3v) is 2.90. The molecule has 1 atom stereocenters. The van der Waals surface area contributed by atoms with Crippen molar-refractivity contribution in [1.29, 1.82) is 0 Å². The molecule has 1 rings (SSSR count). The Labute approximate surface area is 109 Å². The Hall–Kier alpha value is -0.940. The average Bonchev–Trinajstić information content (AvgIpc) is 2.59. The van der Waals surface area contributed by atoms with Gasteiger partial charge in [-0.25, -0.2) is 0 Å². The van der Waals surface area contributed by atoms with E-state index >= 15 is 0 Å². The minimum atomic E-state index is -0.342. The van der Waals surface area contributed by atoms with Crippen LogP contribution < -0.4 is 5.32 Å². The summed E-state index contributed by atoms with van der Waals surface area (Å²) in [7, 11) is 0. The van der Waals surface area contributed by atoms with E-state index in [0.29, 0.717) is 13.2 Å². The van der Waals surface area contributed by atoms with Crippen molar-refractivity contribution in [2.75, 3.05) is 19.8 Å². The molecule has 5 nitrogen and oxygen atoms in total. The Morgan fingerprint density at radius 1 is 1.39 bits per heavy atom. The zero-order chi connectivity index (χ0) is 13.5. The highest BCUT2D eigenvalue weighted by molar-refractivity contribution is 6.05. The number of imide groups is 1. The molecule has 0 aliphatic carbocycles. The summed E-state index contributed by atoms with van der Waals surface area (Å²) in [6.07, 6.45) is 2.17. The molecule has 104 valence electrons. The van der Waals surface area contributed by atoms with Crippen LogP contribution in [-0.2, 0) is 14.3 Å². The van der Waals surface area contributed by atoms with Crippen LogP contribution in [0.3, 0.4) is 0 Å². The van der Waals surface area contributed by atoms with Crippen molar-refractivity contribution in [2.45, 2.75) is 52.1 Å². The molecule has 0 bridgehead atoms. The lowest BCUT2D eigenvalue weighted by molar-refractivity contribution is -0.140. The van der Waals surface area contributed by atoms with Crippen LogP contribution in [0, 0.1) is 0 Å². The SMILES string of the molecule is CCCOCCCNC1CC(=O)N(C(C)C)C1=O. The molecule has 1 N–H and O–H groups in total. The minimum absolute atomic E-state index is 0.0512. The maximum atomic E-state index is 11.9. The van der Waals surface area contributed by atoms with E-state index in [9.17, 15) is 9.59 Å². The summed E-state index contributed by atoms with van der Waals surface area (Å²) in [5.74, 6) is -0.167. The summed E-state index contributed by atoms with van der Waals surface area (Å²) in [5, 5.41) is 3.13. The number of amides is 2. The van der Waals surface area contributed by atoms with Crippen LogP contribution in [-0.4, -0.2) is 48.6 Å². The highest BCUT2D eigenvalue weighted by Crippen LogP contribution is 2.15. The fraction of sp³-hybridized carbons (Fsp3) is 0.846. The Balaban J connectivity index is 2.24. The van der Waals surface area contributed by atoms with Gasteiger partial charge in [-0.3, -0.25) is 14.5 Å². The molecule has 0 radical (unpaired) electrons. The highest BCUT2D eigenvalue weighted by Gasteiger charge is 2.39. The van der Waals surface area contributed by atoms with E-state index in [-0.39, 0.29) is 30.3 Å². The van der Waals surface area contributed by atoms with Gasteiger partial charge in [0.15, 0.2) is 0 Å². The molecule has 1 heterocycles. The molecule has 0 aromatic carbocycles. The van der Waals surface area contributed by atoms with Crippen LogP contribution >= 0.6 is 0 Å². The quantitative estimate of drug-likeness (QED) is 0.518. The molecular formula is C13H24N2O3. The number of ether oxygens (including phenoxy) is 1. The Bertz CT molecular complexity index is 292. The summed E-state index contributed by atoms with van der Waals surface area (Å²) in [6.45, 7) is 7.97. The highest BCUT2D eigenvalue weighted by atomic mass is 16.5. The summed E-state index contributed by atoms with van der Waals surface area (Å²) in [6, 6.07) is -0.393. The lowest BCUT2D eigenvalue weighted by Crippen LogP contribution is -2.42. The van der Waals surface area contributed by atoms with Gasteiger partial charge in [-0.05, 0) is 33.2 Å². The summed E-state index contributed by atoms with van der Waals surface area (Å²) in [4.78, 5) is 24.9. The number of carbonyl (C=O) groups excluding carboxylic acids is 2. The Kier molecular flexibility index (Phi) is 6.29. The molecule has 1 aliphatic rings. The van der Waals surface area contributed by atoms with E-state index in [1.807, 2.05) is 13.8 Å². The normalized spacial score (nSPS) is 20.2. The van der Waals surface area contributed by atoms with Crippen molar-refractivity contribution in [3.8, 4) is 0 Å². The van der Waals surface area contributed by atoms with Crippen LogP contribution in [0.4, 0.5) is 0 Å². The molecule has 1 aliphatic heterocycles. The zero-order valence-corrected chi connectivity index (χ0v) is 11.6. The van der Waals surface area contributed by atoms with E-state index in [2.05, 4.69) is 12.2 Å². The van der Waals surface area contributed by atoms with Crippen molar-refractivity contribution in [1.82, 2.24) is 10.2 Å². The zero-order valence-electron chi connectivity index (χ0n) is 11.6. The van der Waals surface area contributed by atoms with Crippen molar-refractivity contribution in [3.63, 3.8) is 0 Å². The van der Waals surface area contributed by atoms with Crippen LogP contribution in [0.1, 0.15) is 40.0 Å². The number of nitrogens with one attached hydrogen (secondary N) is 1. The van der Waals surface area contributed by atoms with Crippen LogP contribution in [0.15, 0.2) is 0 Å². The average molecular weight is 256 g/mol. The molecular weight excluding hydrogens is 232 g/mol. The van der Waals surface area contributed by atoms with Gasteiger partial charge < -0.3 is 10.1 Å². The van der Waals surface area contributed by atoms with E-state index in [4.69, 9.17) is 4.74 Å². The molecule has 0 spiro atoms. The van der Waals surface area contributed by atoms with Gasteiger partial charge in [0, 0.05) is 19.3 Å². The summed E-state index contributed by atoms with van der Waals surface area (Å²) in [5.41, 5.74) is 0. The fourth-order valence-corrected chi connectivity index (χ4v) is 2.05. The van der Waals surface area contributed by atoms with Gasteiger partial charge in [-0.2, -0.15) is 0 Å². The first-order chi connectivity index (χ1) is 8.57. The first kappa shape index (κ1) is 15.1. The molecule has 1 fully saturated rings. The van der Waals surface area contributed by atoms with Crippen LogP contribution in [0.5, 0.6) is 0 Å². The van der Waals surface area contributed by atoms with E-state index < -0.39 is 0 Å². The topological polar surface area (TPSA) is 58.6 Å². The van der Waals surface area contributed by atoms with Gasteiger partial charge in [-0.1, -0.05) is 6.92 Å². The standard InChI is InChI=1S/C13H24N2O3/c1-4-7-18-8-5-6-14-11-9-12(16)15(10(2)3)13(11)17/h10-11,14H,4-9H2,1-3H3. The minimum Gasteiger partial charge on any atom is -0.381 e. The second-order valence-corrected chi connectivity index (χ2v) is 4.87. The first-order valence-electron chi connectivity index (χ1n) is 6.75. The third kappa shape index (κ3) is 4.07.